The molecule has 0 bridgehead atoms. The Hall–Kier alpha value is -1.22. The molecule has 98 valence electrons. The third-order valence-electron chi connectivity index (χ3n) is 3.43. The van der Waals surface area contributed by atoms with E-state index in [4.69, 9.17) is 16.7 Å². The van der Waals surface area contributed by atoms with Crippen LogP contribution in [0.1, 0.15) is 48.9 Å². The Morgan fingerprint density at radius 2 is 1.89 bits per heavy atom. The monoisotopic (exact) mass is 267 g/mol. The average Bonchev–Trinajstić information content (AvgIpc) is 2.60. The zero-order valence-corrected chi connectivity index (χ0v) is 11.0. The highest BCUT2D eigenvalue weighted by atomic mass is 35.5. The van der Waals surface area contributed by atoms with Gasteiger partial charge >= 0.3 is 5.97 Å². The van der Waals surface area contributed by atoms with Gasteiger partial charge in [-0.15, -0.1) is 0 Å². The van der Waals surface area contributed by atoms with Crippen LogP contribution in [0.25, 0.3) is 0 Å². The Morgan fingerprint density at radius 1 is 1.22 bits per heavy atom. The van der Waals surface area contributed by atoms with Crippen LogP contribution in [-0.4, -0.2) is 17.1 Å². The fraction of sp³-hybridized carbons (Fsp3) is 0.500. The maximum absolute atomic E-state index is 10.9. The van der Waals surface area contributed by atoms with Crippen LogP contribution in [0.2, 0.25) is 5.02 Å². The highest BCUT2D eigenvalue weighted by Crippen LogP contribution is 2.27. The molecule has 0 spiro atoms. The maximum Gasteiger partial charge on any atom is 0.335 e. The molecule has 1 fully saturated rings. The van der Waals surface area contributed by atoms with Gasteiger partial charge < -0.3 is 10.4 Å². The highest BCUT2D eigenvalue weighted by molar-refractivity contribution is 6.33. The van der Waals surface area contributed by atoms with E-state index < -0.39 is 5.97 Å². The molecule has 1 aliphatic carbocycles. The van der Waals surface area contributed by atoms with Crippen LogP contribution in [-0.2, 0) is 0 Å². The van der Waals surface area contributed by atoms with Gasteiger partial charge in [0.1, 0.15) is 0 Å². The number of carboxylic acids is 1. The molecule has 18 heavy (non-hydrogen) atoms. The molecule has 1 aliphatic rings. The molecule has 3 nitrogen and oxygen atoms in total. The number of hydrogen-bond acceptors (Lipinski definition) is 2. The predicted octanol–water partition coefficient (Wildman–Crippen LogP) is 4.17. The second kappa shape index (κ2) is 6.10. The molecule has 1 aromatic rings. The molecule has 0 aromatic heterocycles. The summed E-state index contributed by atoms with van der Waals surface area (Å²) in [5, 5.41) is 13.0. The zero-order valence-electron chi connectivity index (χ0n) is 10.3. The SMILES string of the molecule is O=C(O)c1ccc(Cl)c(NC2CCCCCC2)c1. The number of rotatable bonds is 3. The molecule has 0 atom stereocenters. The van der Waals surface area contributed by atoms with Crippen molar-refractivity contribution in [1.29, 1.82) is 0 Å². The van der Waals surface area contributed by atoms with Crippen molar-refractivity contribution in [2.45, 2.75) is 44.6 Å². The third-order valence-corrected chi connectivity index (χ3v) is 3.76. The molecule has 2 rings (SSSR count). The smallest absolute Gasteiger partial charge is 0.335 e. The minimum absolute atomic E-state index is 0.274. The van der Waals surface area contributed by atoms with Crippen molar-refractivity contribution >= 4 is 23.3 Å². The second-order valence-electron chi connectivity index (χ2n) is 4.83. The first-order chi connectivity index (χ1) is 8.66. The van der Waals surface area contributed by atoms with E-state index >= 15 is 0 Å². The van der Waals surface area contributed by atoms with E-state index in [1.54, 1.807) is 12.1 Å². The summed E-state index contributed by atoms with van der Waals surface area (Å²) in [6.45, 7) is 0. The lowest BCUT2D eigenvalue weighted by Gasteiger charge is -2.18. The standard InChI is InChI=1S/C14H18ClNO2/c15-12-8-7-10(14(17)18)9-13(12)16-11-5-3-1-2-4-6-11/h7-9,11,16H,1-6H2,(H,17,18). The largest absolute Gasteiger partial charge is 0.478 e. The summed E-state index contributed by atoms with van der Waals surface area (Å²) >= 11 is 6.11. The van der Waals surface area contributed by atoms with Crippen molar-refractivity contribution in [2.75, 3.05) is 5.32 Å². The fourth-order valence-corrected chi connectivity index (χ4v) is 2.58. The molecule has 2 N–H and O–H groups in total. The molecule has 0 radical (unpaired) electrons. The number of anilines is 1. The summed E-state index contributed by atoms with van der Waals surface area (Å²) in [4.78, 5) is 10.9. The van der Waals surface area contributed by atoms with Crippen molar-refractivity contribution in [3.8, 4) is 0 Å². The maximum atomic E-state index is 10.9. The van der Waals surface area contributed by atoms with Gasteiger partial charge in [0, 0.05) is 6.04 Å². The summed E-state index contributed by atoms with van der Waals surface area (Å²) < 4.78 is 0. The number of halogens is 1. The molecule has 0 saturated heterocycles. The normalized spacial score (nSPS) is 17.2. The van der Waals surface area contributed by atoms with Gasteiger partial charge in [-0.3, -0.25) is 0 Å². The van der Waals surface area contributed by atoms with Crippen molar-refractivity contribution in [1.82, 2.24) is 0 Å². The van der Waals surface area contributed by atoms with E-state index in [9.17, 15) is 4.79 Å². The molecular weight excluding hydrogens is 250 g/mol. The quantitative estimate of drug-likeness (QED) is 0.808. The number of carbonyl (C=O) groups is 1. The summed E-state index contributed by atoms with van der Waals surface area (Å²) in [7, 11) is 0. The number of hydrogen-bond donors (Lipinski definition) is 2. The van der Waals surface area contributed by atoms with Gasteiger partial charge in [0.25, 0.3) is 0 Å². The zero-order chi connectivity index (χ0) is 13.0. The minimum Gasteiger partial charge on any atom is -0.478 e. The molecule has 0 aliphatic heterocycles. The molecule has 0 unspecified atom stereocenters. The lowest BCUT2D eigenvalue weighted by atomic mass is 10.1. The van der Waals surface area contributed by atoms with Crippen LogP contribution < -0.4 is 5.32 Å². The van der Waals surface area contributed by atoms with Crippen LogP contribution in [0.15, 0.2) is 18.2 Å². The van der Waals surface area contributed by atoms with Gasteiger partial charge in [0.2, 0.25) is 0 Å². The number of benzene rings is 1. The average molecular weight is 268 g/mol. The van der Waals surface area contributed by atoms with E-state index in [1.165, 1.54) is 31.7 Å². The van der Waals surface area contributed by atoms with E-state index in [-0.39, 0.29) is 5.56 Å². The van der Waals surface area contributed by atoms with Crippen molar-refractivity contribution in [3.63, 3.8) is 0 Å². The lowest BCUT2D eigenvalue weighted by Crippen LogP contribution is -2.18. The summed E-state index contributed by atoms with van der Waals surface area (Å²) in [5.41, 5.74) is 1.01. The van der Waals surface area contributed by atoms with Gasteiger partial charge in [0.05, 0.1) is 16.3 Å². The second-order valence-corrected chi connectivity index (χ2v) is 5.24. The Morgan fingerprint density at radius 3 is 2.50 bits per heavy atom. The van der Waals surface area contributed by atoms with E-state index in [1.807, 2.05) is 0 Å². The van der Waals surface area contributed by atoms with Crippen LogP contribution >= 0.6 is 11.6 Å². The Kier molecular flexibility index (Phi) is 4.48. The molecule has 1 saturated carbocycles. The van der Waals surface area contributed by atoms with Crippen LogP contribution in [0, 0.1) is 0 Å². The summed E-state index contributed by atoms with van der Waals surface area (Å²) in [6, 6.07) is 5.21. The topological polar surface area (TPSA) is 49.3 Å². The first-order valence-electron chi connectivity index (χ1n) is 6.46. The van der Waals surface area contributed by atoms with Crippen molar-refractivity contribution in [2.24, 2.45) is 0 Å². The fourth-order valence-electron chi connectivity index (χ4n) is 2.41. The third kappa shape index (κ3) is 3.39. The number of aromatic carboxylic acids is 1. The van der Waals surface area contributed by atoms with Crippen molar-refractivity contribution < 1.29 is 9.90 Å². The molecular formula is C14H18ClNO2. The Balaban J connectivity index is 2.11. The molecule has 0 heterocycles. The van der Waals surface area contributed by atoms with Gasteiger partial charge in [-0.1, -0.05) is 37.3 Å². The van der Waals surface area contributed by atoms with Crippen LogP contribution in [0.4, 0.5) is 5.69 Å². The summed E-state index contributed by atoms with van der Waals surface area (Å²) in [5.74, 6) is -0.921. The first-order valence-corrected chi connectivity index (χ1v) is 6.84. The van der Waals surface area contributed by atoms with Gasteiger partial charge in [-0.25, -0.2) is 4.79 Å². The molecule has 0 amide bonds. The number of nitrogens with one attached hydrogen (secondary N) is 1. The van der Waals surface area contributed by atoms with E-state index in [0.717, 1.165) is 18.5 Å². The van der Waals surface area contributed by atoms with Gasteiger partial charge in [-0.2, -0.15) is 0 Å². The summed E-state index contributed by atoms with van der Waals surface area (Å²) in [6.07, 6.45) is 7.31. The number of carboxylic acid groups (broad SMARTS) is 1. The van der Waals surface area contributed by atoms with Gasteiger partial charge in [0.15, 0.2) is 0 Å². The van der Waals surface area contributed by atoms with Crippen LogP contribution in [0.3, 0.4) is 0 Å². The van der Waals surface area contributed by atoms with Crippen LogP contribution in [0.5, 0.6) is 0 Å². The molecule has 4 heteroatoms. The van der Waals surface area contributed by atoms with Gasteiger partial charge in [-0.05, 0) is 31.0 Å². The predicted molar refractivity (Wildman–Crippen MR) is 73.5 cm³/mol. The highest BCUT2D eigenvalue weighted by Gasteiger charge is 2.14. The Labute approximate surface area is 112 Å². The Bertz CT molecular complexity index is 426. The first kappa shape index (κ1) is 13.2. The molecule has 1 aromatic carbocycles. The van der Waals surface area contributed by atoms with E-state index in [2.05, 4.69) is 5.32 Å². The lowest BCUT2D eigenvalue weighted by molar-refractivity contribution is 0.0697. The minimum atomic E-state index is -0.921. The van der Waals surface area contributed by atoms with E-state index in [0.29, 0.717) is 11.1 Å². The van der Waals surface area contributed by atoms with Crippen molar-refractivity contribution in [3.05, 3.63) is 28.8 Å².